The van der Waals surface area contributed by atoms with Crippen LogP contribution < -0.4 is 10.6 Å². The second-order valence-corrected chi connectivity index (χ2v) is 5.42. The summed E-state index contributed by atoms with van der Waals surface area (Å²) in [6.45, 7) is 4.32. The number of carboxylic acid groups (broad SMARTS) is 1. The molecule has 0 bridgehead atoms. The Balaban J connectivity index is 2.60. The second kappa shape index (κ2) is 7.16. The summed E-state index contributed by atoms with van der Waals surface area (Å²) in [4.78, 5) is 23.3. The first kappa shape index (κ1) is 15.5. The number of carbonyl (C=O) groups excluding carboxylic acids is 1. The molecule has 19 heavy (non-hydrogen) atoms. The van der Waals surface area contributed by atoms with Crippen LogP contribution in [0.3, 0.4) is 0 Å². The molecule has 1 aliphatic rings. The van der Waals surface area contributed by atoms with Crippen LogP contribution in [0.5, 0.6) is 0 Å². The molecule has 108 valence electrons. The van der Waals surface area contributed by atoms with Gasteiger partial charge >= 0.3 is 12.0 Å². The summed E-state index contributed by atoms with van der Waals surface area (Å²) in [5.41, 5.74) is 0.0219. The van der Waals surface area contributed by atoms with Crippen LogP contribution >= 0.6 is 0 Å². The maximum Gasteiger partial charge on any atom is 0.329 e. The standard InChI is InChI=1S/C14H24N2O3/c1-11(2)7-10-15-13(19)16-14(12(17)18)8-5-3-4-6-9-14/h7H,3-6,8-10H2,1-2H3,(H,17,18)(H2,15,16,19). The molecule has 1 saturated carbocycles. The number of carboxylic acids is 1. The summed E-state index contributed by atoms with van der Waals surface area (Å²) in [7, 11) is 0. The summed E-state index contributed by atoms with van der Waals surface area (Å²) in [5, 5.41) is 14.8. The predicted octanol–water partition coefficient (Wildman–Crippen LogP) is 2.43. The highest BCUT2D eigenvalue weighted by molar-refractivity contribution is 5.86. The number of urea groups is 1. The van der Waals surface area contributed by atoms with Crippen LogP contribution in [0.15, 0.2) is 11.6 Å². The summed E-state index contributed by atoms with van der Waals surface area (Å²) in [6.07, 6.45) is 6.68. The van der Waals surface area contributed by atoms with E-state index in [0.717, 1.165) is 31.3 Å². The van der Waals surface area contributed by atoms with Gasteiger partial charge in [-0.1, -0.05) is 37.3 Å². The fourth-order valence-corrected chi connectivity index (χ4v) is 2.33. The molecule has 0 radical (unpaired) electrons. The number of hydrogen-bond acceptors (Lipinski definition) is 2. The Hall–Kier alpha value is -1.52. The zero-order chi connectivity index (χ0) is 14.3. The predicted molar refractivity (Wildman–Crippen MR) is 74.0 cm³/mol. The van der Waals surface area contributed by atoms with Crippen molar-refractivity contribution in [2.75, 3.05) is 6.54 Å². The van der Waals surface area contributed by atoms with Crippen LogP contribution in [0.2, 0.25) is 0 Å². The maximum absolute atomic E-state index is 11.8. The lowest BCUT2D eigenvalue weighted by Gasteiger charge is -2.29. The fraction of sp³-hybridized carbons (Fsp3) is 0.714. The van der Waals surface area contributed by atoms with Crippen LogP contribution in [0.1, 0.15) is 52.4 Å². The average molecular weight is 268 g/mol. The molecule has 5 nitrogen and oxygen atoms in total. The highest BCUT2D eigenvalue weighted by Crippen LogP contribution is 2.27. The normalized spacial score (nSPS) is 18.0. The number of amides is 2. The van der Waals surface area contributed by atoms with Crippen molar-refractivity contribution in [3.8, 4) is 0 Å². The molecule has 0 saturated heterocycles. The van der Waals surface area contributed by atoms with Crippen LogP contribution in [0.4, 0.5) is 4.79 Å². The average Bonchev–Trinajstić information content (AvgIpc) is 2.55. The molecular weight excluding hydrogens is 244 g/mol. The molecule has 1 rings (SSSR count). The first-order chi connectivity index (χ1) is 8.96. The molecule has 0 aromatic carbocycles. The summed E-state index contributed by atoms with van der Waals surface area (Å²) >= 11 is 0. The molecule has 2 amide bonds. The van der Waals surface area contributed by atoms with Gasteiger partial charge < -0.3 is 15.7 Å². The molecule has 0 spiro atoms. The van der Waals surface area contributed by atoms with Gasteiger partial charge in [0.05, 0.1) is 0 Å². The van der Waals surface area contributed by atoms with Crippen molar-refractivity contribution < 1.29 is 14.7 Å². The van der Waals surface area contributed by atoms with Crippen molar-refractivity contribution in [3.05, 3.63) is 11.6 Å². The highest BCUT2D eigenvalue weighted by Gasteiger charge is 2.39. The Bertz CT molecular complexity index is 352. The van der Waals surface area contributed by atoms with Crippen LogP contribution in [-0.4, -0.2) is 29.2 Å². The minimum Gasteiger partial charge on any atom is -0.480 e. The summed E-state index contributed by atoms with van der Waals surface area (Å²) in [6, 6.07) is -0.401. The lowest BCUT2D eigenvalue weighted by Crippen LogP contribution is -2.56. The van der Waals surface area contributed by atoms with E-state index in [2.05, 4.69) is 10.6 Å². The monoisotopic (exact) mass is 268 g/mol. The largest absolute Gasteiger partial charge is 0.480 e. The molecular formula is C14H24N2O3. The summed E-state index contributed by atoms with van der Waals surface area (Å²) in [5.74, 6) is -0.924. The van der Waals surface area contributed by atoms with E-state index >= 15 is 0 Å². The van der Waals surface area contributed by atoms with E-state index in [1.807, 2.05) is 19.9 Å². The van der Waals surface area contributed by atoms with Crippen molar-refractivity contribution >= 4 is 12.0 Å². The smallest absolute Gasteiger partial charge is 0.329 e. The first-order valence-corrected chi connectivity index (χ1v) is 6.89. The van der Waals surface area contributed by atoms with Gasteiger partial charge in [0.1, 0.15) is 5.54 Å². The Morgan fingerprint density at radius 2 is 1.74 bits per heavy atom. The molecule has 0 heterocycles. The molecule has 0 unspecified atom stereocenters. The van der Waals surface area contributed by atoms with E-state index in [0.29, 0.717) is 19.4 Å². The van der Waals surface area contributed by atoms with Gasteiger partial charge in [-0.2, -0.15) is 0 Å². The molecule has 0 atom stereocenters. The van der Waals surface area contributed by atoms with Gasteiger partial charge in [0.2, 0.25) is 0 Å². The van der Waals surface area contributed by atoms with Crippen LogP contribution in [0.25, 0.3) is 0 Å². The Labute approximate surface area is 114 Å². The van der Waals surface area contributed by atoms with Crippen LogP contribution in [-0.2, 0) is 4.79 Å². The van der Waals surface area contributed by atoms with Crippen molar-refractivity contribution in [1.82, 2.24) is 10.6 Å². The van der Waals surface area contributed by atoms with E-state index in [1.54, 1.807) is 0 Å². The molecule has 0 aliphatic heterocycles. The third-order valence-electron chi connectivity index (χ3n) is 3.49. The van der Waals surface area contributed by atoms with E-state index in [4.69, 9.17) is 0 Å². The fourth-order valence-electron chi connectivity index (χ4n) is 2.33. The Morgan fingerprint density at radius 1 is 1.16 bits per heavy atom. The molecule has 0 aromatic rings. The van der Waals surface area contributed by atoms with Gasteiger partial charge in [0.15, 0.2) is 0 Å². The van der Waals surface area contributed by atoms with Crippen molar-refractivity contribution in [1.29, 1.82) is 0 Å². The van der Waals surface area contributed by atoms with E-state index in [9.17, 15) is 14.7 Å². The molecule has 1 aliphatic carbocycles. The first-order valence-electron chi connectivity index (χ1n) is 6.89. The van der Waals surface area contributed by atoms with Gasteiger partial charge in [0.25, 0.3) is 0 Å². The minimum absolute atomic E-state index is 0.401. The topological polar surface area (TPSA) is 78.4 Å². The number of nitrogens with one attached hydrogen (secondary N) is 2. The lowest BCUT2D eigenvalue weighted by atomic mass is 9.90. The summed E-state index contributed by atoms with van der Waals surface area (Å²) < 4.78 is 0. The van der Waals surface area contributed by atoms with Gasteiger partial charge in [0, 0.05) is 6.54 Å². The third kappa shape index (κ3) is 4.93. The number of carbonyl (C=O) groups is 2. The van der Waals surface area contributed by atoms with E-state index in [-0.39, 0.29) is 0 Å². The molecule has 5 heteroatoms. The van der Waals surface area contributed by atoms with Crippen molar-refractivity contribution in [3.63, 3.8) is 0 Å². The third-order valence-corrected chi connectivity index (χ3v) is 3.49. The SMILES string of the molecule is CC(C)=CCNC(=O)NC1(C(=O)O)CCCCCC1. The zero-order valence-electron chi connectivity index (χ0n) is 11.8. The van der Waals surface area contributed by atoms with E-state index < -0.39 is 17.5 Å². The zero-order valence-corrected chi connectivity index (χ0v) is 11.8. The number of rotatable bonds is 4. The van der Waals surface area contributed by atoms with Crippen LogP contribution in [0, 0.1) is 0 Å². The maximum atomic E-state index is 11.8. The highest BCUT2D eigenvalue weighted by atomic mass is 16.4. The molecule has 1 fully saturated rings. The second-order valence-electron chi connectivity index (χ2n) is 5.42. The molecule has 3 N–H and O–H groups in total. The van der Waals surface area contributed by atoms with Gasteiger partial charge in [-0.25, -0.2) is 9.59 Å². The van der Waals surface area contributed by atoms with Gasteiger partial charge in [-0.3, -0.25) is 0 Å². The number of hydrogen-bond donors (Lipinski definition) is 3. The van der Waals surface area contributed by atoms with Gasteiger partial charge in [-0.05, 0) is 26.7 Å². The van der Waals surface area contributed by atoms with Crippen molar-refractivity contribution in [2.24, 2.45) is 0 Å². The molecule has 0 aromatic heterocycles. The lowest BCUT2D eigenvalue weighted by molar-refractivity contribution is -0.145. The quantitative estimate of drug-likeness (QED) is 0.541. The van der Waals surface area contributed by atoms with Crippen molar-refractivity contribution in [2.45, 2.75) is 57.9 Å². The van der Waals surface area contributed by atoms with Gasteiger partial charge in [-0.15, -0.1) is 0 Å². The minimum atomic E-state index is -1.09. The number of aliphatic carboxylic acids is 1. The number of allylic oxidation sites excluding steroid dienone is 1. The van der Waals surface area contributed by atoms with E-state index in [1.165, 1.54) is 0 Å². The Morgan fingerprint density at radius 3 is 2.21 bits per heavy atom. The Kier molecular flexibility index (Phi) is 5.86.